The lowest BCUT2D eigenvalue weighted by Gasteiger charge is -2.19. The molecule has 8 heteroatoms. The van der Waals surface area contributed by atoms with Crippen LogP contribution in [-0.2, 0) is 9.59 Å². The van der Waals surface area contributed by atoms with E-state index in [0.717, 1.165) is 11.0 Å². The van der Waals surface area contributed by atoms with Gasteiger partial charge in [0.2, 0.25) is 11.8 Å². The Labute approximate surface area is 164 Å². The molecule has 1 aliphatic heterocycles. The summed E-state index contributed by atoms with van der Waals surface area (Å²) in [6.07, 6.45) is 0.313. The summed E-state index contributed by atoms with van der Waals surface area (Å²) in [5.74, 6) is -1.71. The SMILES string of the molecule is Cc1c(NC(=O)c2cc(=O)c3c(O)cccc3o2)cccc1N1C(=O)CCC1=O. The van der Waals surface area contributed by atoms with Crippen LogP contribution in [0.5, 0.6) is 5.75 Å². The summed E-state index contributed by atoms with van der Waals surface area (Å²) < 4.78 is 5.47. The van der Waals surface area contributed by atoms with Crippen LogP contribution in [0, 0.1) is 6.92 Å². The summed E-state index contributed by atoms with van der Waals surface area (Å²) in [6.45, 7) is 1.68. The summed E-state index contributed by atoms with van der Waals surface area (Å²) in [5.41, 5.74) is 0.846. The number of fused-ring (bicyclic) bond motifs is 1. The molecule has 3 aromatic rings. The Morgan fingerprint density at radius 3 is 2.48 bits per heavy atom. The summed E-state index contributed by atoms with van der Waals surface area (Å²) in [4.78, 5) is 50.1. The molecular weight excluding hydrogens is 376 g/mol. The molecular formula is C21H16N2O6. The summed E-state index contributed by atoms with van der Waals surface area (Å²) in [5, 5.41) is 12.4. The molecule has 0 atom stereocenters. The number of hydrogen-bond acceptors (Lipinski definition) is 6. The number of nitrogens with one attached hydrogen (secondary N) is 1. The average molecular weight is 392 g/mol. The lowest BCUT2D eigenvalue weighted by Crippen LogP contribution is -2.29. The molecule has 4 rings (SSSR count). The summed E-state index contributed by atoms with van der Waals surface area (Å²) >= 11 is 0. The fourth-order valence-corrected chi connectivity index (χ4v) is 3.33. The second kappa shape index (κ2) is 6.90. The van der Waals surface area contributed by atoms with Crippen LogP contribution in [0.2, 0.25) is 0 Å². The topological polar surface area (TPSA) is 117 Å². The number of nitrogens with zero attached hydrogens (tertiary/aromatic N) is 1. The number of benzene rings is 2. The molecule has 146 valence electrons. The first kappa shape index (κ1) is 18.4. The van der Waals surface area contributed by atoms with Gasteiger partial charge in [0.1, 0.15) is 16.7 Å². The van der Waals surface area contributed by atoms with Gasteiger partial charge in [-0.2, -0.15) is 0 Å². The smallest absolute Gasteiger partial charge is 0.291 e. The van der Waals surface area contributed by atoms with Crippen molar-refractivity contribution in [3.05, 3.63) is 64.0 Å². The van der Waals surface area contributed by atoms with Gasteiger partial charge in [0.25, 0.3) is 5.91 Å². The maximum atomic E-state index is 12.7. The highest BCUT2D eigenvalue weighted by molar-refractivity contribution is 6.20. The van der Waals surface area contributed by atoms with Gasteiger partial charge in [0.15, 0.2) is 11.2 Å². The number of carbonyl (C=O) groups excluding carboxylic acids is 3. The maximum absolute atomic E-state index is 12.7. The third-order valence-electron chi connectivity index (χ3n) is 4.80. The number of amides is 3. The van der Waals surface area contributed by atoms with Gasteiger partial charge in [-0.25, -0.2) is 0 Å². The maximum Gasteiger partial charge on any atom is 0.291 e. The molecule has 2 heterocycles. The molecule has 0 aliphatic carbocycles. The molecule has 0 saturated carbocycles. The van der Waals surface area contributed by atoms with E-state index in [1.165, 1.54) is 18.2 Å². The van der Waals surface area contributed by atoms with Crippen molar-refractivity contribution in [1.82, 2.24) is 0 Å². The second-order valence-electron chi connectivity index (χ2n) is 6.65. The molecule has 0 spiro atoms. The predicted octanol–water partition coefficient (Wildman–Crippen LogP) is 2.71. The zero-order chi connectivity index (χ0) is 20.7. The normalized spacial score (nSPS) is 13.9. The van der Waals surface area contributed by atoms with E-state index in [1.54, 1.807) is 25.1 Å². The van der Waals surface area contributed by atoms with E-state index in [9.17, 15) is 24.3 Å². The molecule has 1 aromatic heterocycles. The average Bonchev–Trinajstić information content (AvgIpc) is 3.01. The molecule has 2 N–H and O–H groups in total. The van der Waals surface area contributed by atoms with Crippen LogP contribution in [0.1, 0.15) is 29.0 Å². The number of aromatic hydroxyl groups is 1. The highest BCUT2D eigenvalue weighted by Gasteiger charge is 2.31. The minimum absolute atomic E-state index is 0.00622. The van der Waals surface area contributed by atoms with Gasteiger partial charge < -0.3 is 14.8 Å². The summed E-state index contributed by atoms with van der Waals surface area (Å²) in [6, 6.07) is 10.2. The van der Waals surface area contributed by atoms with Gasteiger partial charge in [0, 0.05) is 24.6 Å². The predicted molar refractivity (Wildman–Crippen MR) is 105 cm³/mol. The van der Waals surface area contributed by atoms with Crippen LogP contribution in [0.15, 0.2) is 51.7 Å². The molecule has 1 aliphatic rings. The molecule has 3 amide bonds. The molecule has 2 aromatic carbocycles. The van der Waals surface area contributed by atoms with Gasteiger partial charge in [-0.3, -0.25) is 24.1 Å². The number of anilines is 2. The van der Waals surface area contributed by atoms with Crippen LogP contribution in [-0.4, -0.2) is 22.8 Å². The third kappa shape index (κ3) is 3.14. The van der Waals surface area contributed by atoms with E-state index in [0.29, 0.717) is 16.9 Å². The minimum Gasteiger partial charge on any atom is -0.507 e. The van der Waals surface area contributed by atoms with E-state index in [-0.39, 0.29) is 47.1 Å². The zero-order valence-electron chi connectivity index (χ0n) is 15.4. The van der Waals surface area contributed by atoms with Gasteiger partial charge in [-0.1, -0.05) is 12.1 Å². The monoisotopic (exact) mass is 392 g/mol. The number of carbonyl (C=O) groups is 3. The Balaban J connectivity index is 1.68. The molecule has 0 radical (unpaired) electrons. The van der Waals surface area contributed by atoms with Gasteiger partial charge in [0.05, 0.1) is 5.69 Å². The van der Waals surface area contributed by atoms with Crippen molar-refractivity contribution in [2.75, 3.05) is 10.2 Å². The zero-order valence-corrected chi connectivity index (χ0v) is 15.4. The van der Waals surface area contributed by atoms with E-state index in [2.05, 4.69) is 5.32 Å². The first-order chi connectivity index (χ1) is 13.9. The fourth-order valence-electron chi connectivity index (χ4n) is 3.33. The van der Waals surface area contributed by atoms with E-state index >= 15 is 0 Å². The highest BCUT2D eigenvalue weighted by atomic mass is 16.3. The van der Waals surface area contributed by atoms with Crippen molar-refractivity contribution in [2.45, 2.75) is 19.8 Å². The number of rotatable bonds is 3. The Morgan fingerprint density at radius 1 is 1.07 bits per heavy atom. The van der Waals surface area contributed by atoms with Crippen molar-refractivity contribution in [2.24, 2.45) is 0 Å². The second-order valence-corrected chi connectivity index (χ2v) is 6.65. The molecule has 1 saturated heterocycles. The molecule has 1 fully saturated rings. The van der Waals surface area contributed by atoms with Crippen LogP contribution in [0.4, 0.5) is 11.4 Å². The van der Waals surface area contributed by atoms with Crippen LogP contribution < -0.4 is 15.6 Å². The van der Waals surface area contributed by atoms with Crippen LogP contribution in [0.25, 0.3) is 11.0 Å². The van der Waals surface area contributed by atoms with Crippen molar-refractivity contribution in [3.63, 3.8) is 0 Å². The quantitative estimate of drug-likeness (QED) is 0.662. The Bertz CT molecular complexity index is 1230. The van der Waals surface area contributed by atoms with Crippen molar-refractivity contribution < 1.29 is 23.9 Å². The first-order valence-corrected chi connectivity index (χ1v) is 8.89. The van der Waals surface area contributed by atoms with Crippen LogP contribution in [0.3, 0.4) is 0 Å². The molecule has 8 nitrogen and oxygen atoms in total. The largest absolute Gasteiger partial charge is 0.507 e. The van der Waals surface area contributed by atoms with E-state index < -0.39 is 11.3 Å². The minimum atomic E-state index is -0.674. The van der Waals surface area contributed by atoms with Crippen molar-refractivity contribution in [3.8, 4) is 5.75 Å². The first-order valence-electron chi connectivity index (χ1n) is 8.89. The van der Waals surface area contributed by atoms with Crippen LogP contribution >= 0.6 is 0 Å². The lowest BCUT2D eigenvalue weighted by molar-refractivity contribution is -0.121. The van der Waals surface area contributed by atoms with Crippen molar-refractivity contribution in [1.29, 1.82) is 0 Å². The number of phenols is 1. The number of hydrogen-bond donors (Lipinski definition) is 2. The van der Waals surface area contributed by atoms with Gasteiger partial charge in [-0.15, -0.1) is 0 Å². The van der Waals surface area contributed by atoms with E-state index in [1.807, 2.05) is 0 Å². The molecule has 0 unspecified atom stereocenters. The summed E-state index contributed by atoms with van der Waals surface area (Å²) in [7, 11) is 0. The number of phenolic OH excluding ortho intramolecular Hbond substituents is 1. The Hall–Kier alpha value is -3.94. The number of imide groups is 1. The Kier molecular flexibility index (Phi) is 4.38. The fraction of sp³-hybridized carbons (Fsp3) is 0.143. The van der Waals surface area contributed by atoms with Crippen molar-refractivity contribution >= 4 is 40.1 Å². The van der Waals surface area contributed by atoms with E-state index in [4.69, 9.17) is 4.42 Å². The van der Waals surface area contributed by atoms with Gasteiger partial charge in [-0.05, 0) is 36.8 Å². The lowest BCUT2D eigenvalue weighted by atomic mass is 10.1. The highest BCUT2D eigenvalue weighted by Crippen LogP contribution is 2.31. The third-order valence-corrected chi connectivity index (χ3v) is 4.80. The molecule has 29 heavy (non-hydrogen) atoms. The standard InChI is InChI=1S/C21H16N2O6/c1-11-12(4-2-5-13(11)23-18(26)8-9-19(23)27)22-21(28)17-10-15(25)20-14(24)6-3-7-16(20)29-17/h2-7,10,24H,8-9H2,1H3,(H,22,28). The van der Waals surface area contributed by atoms with Gasteiger partial charge >= 0.3 is 0 Å². The Morgan fingerprint density at radius 2 is 1.76 bits per heavy atom. The molecule has 0 bridgehead atoms.